The molecule has 0 bridgehead atoms. The number of nitrogens with two attached hydrogens (primary N) is 1. The molecule has 82 valence electrons. The lowest BCUT2D eigenvalue weighted by Crippen LogP contribution is -2.29. The fourth-order valence-corrected chi connectivity index (χ4v) is 2.34. The van der Waals surface area contributed by atoms with Crippen LogP contribution in [-0.2, 0) is 6.42 Å². The van der Waals surface area contributed by atoms with E-state index in [0.717, 1.165) is 25.1 Å². The lowest BCUT2D eigenvalue weighted by Gasteiger charge is -2.21. The molecule has 2 N–H and O–H groups in total. The standard InChI is InChI=1S/C12H18N2O/c1-14-9(6-7-13)8-10-11(14)4-3-5-12(10)15-2/h3-5,9H,6-8,13H2,1-2H3. The van der Waals surface area contributed by atoms with Crippen molar-refractivity contribution in [2.75, 3.05) is 25.6 Å². The summed E-state index contributed by atoms with van der Waals surface area (Å²) in [5.41, 5.74) is 8.22. The van der Waals surface area contributed by atoms with Gasteiger partial charge in [-0.2, -0.15) is 0 Å². The van der Waals surface area contributed by atoms with Crippen LogP contribution in [0, 0.1) is 0 Å². The molecule has 3 nitrogen and oxygen atoms in total. The minimum Gasteiger partial charge on any atom is -0.496 e. The average Bonchev–Trinajstić information content (AvgIpc) is 2.57. The normalized spacial score (nSPS) is 19.1. The van der Waals surface area contributed by atoms with E-state index < -0.39 is 0 Å². The third-order valence-electron chi connectivity index (χ3n) is 3.20. The van der Waals surface area contributed by atoms with Crippen LogP contribution < -0.4 is 15.4 Å². The number of methoxy groups -OCH3 is 1. The summed E-state index contributed by atoms with van der Waals surface area (Å²) in [6, 6.07) is 6.74. The van der Waals surface area contributed by atoms with E-state index in [1.54, 1.807) is 7.11 Å². The monoisotopic (exact) mass is 206 g/mol. The van der Waals surface area contributed by atoms with Crippen LogP contribution in [0.4, 0.5) is 5.69 Å². The first-order valence-electron chi connectivity index (χ1n) is 5.36. The predicted octanol–water partition coefficient (Wildman–Crippen LogP) is 1.40. The zero-order chi connectivity index (χ0) is 10.8. The molecule has 15 heavy (non-hydrogen) atoms. The van der Waals surface area contributed by atoms with Crippen LogP contribution in [0.15, 0.2) is 18.2 Å². The lowest BCUT2D eigenvalue weighted by atomic mass is 10.1. The number of likely N-dealkylation sites (N-methyl/N-ethyl adjacent to an activating group) is 1. The van der Waals surface area contributed by atoms with Crippen molar-refractivity contribution in [3.8, 4) is 5.75 Å². The number of anilines is 1. The highest BCUT2D eigenvalue weighted by Gasteiger charge is 2.27. The number of hydrogen-bond donors (Lipinski definition) is 1. The van der Waals surface area contributed by atoms with Crippen molar-refractivity contribution in [1.82, 2.24) is 0 Å². The van der Waals surface area contributed by atoms with Gasteiger partial charge in [-0.15, -0.1) is 0 Å². The second kappa shape index (κ2) is 4.11. The molecule has 3 heteroatoms. The van der Waals surface area contributed by atoms with Crippen molar-refractivity contribution in [2.45, 2.75) is 18.9 Å². The van der Waals surface area contributed by atoms with Gasteiger partial charge in [0.1, 0.15) is 5.75 Å². The molecule has 2 rings (SSSR count). The average molecular weight is 206 g/mol. The summed E-state index contributed by atoms with van der Waals surface area (Å²) < 4.78 is 5.37. The van der Waals surface area contributed by atoms with Gasteiger partial charge in [0.15, 0.2) is 0 Å². The van der Waals surface area contributed by atoms with Gasteiger partial charge in [-0.3, -0.25) is 0 Å². The molecular formula is C12H18N2O. The molecule has 0 amide bonds. The number of rotatable bonds is 3. The van der Waals surface area contributed by atoms with E-state index in [0.29, 0.717) is 6.04 Å². The molecule has 1 aromatic carbocycles. The molecule has 1 atom stereocenters. The first-order chi connectivity index (χ1) is 7.27. The van der Waals surface area contributed by atoms with Gasteiger partial charge in [-0.1, -0.05) is 6.07 Å². The Bertz CT molecular complexity index is 351. The molecule has 0 saturated heterocycles. The third-order valence-corrected chi connectivity index (χ3v) is 3.20. The first-order valence-corrected chi connectivity index (χ1v) is 5.36. The number of nitrogens with zero attached hydrogens (tertiary/aromatic N) is 1. The van der Waals surface area contributed by atoms with Crippen LogP contribution in [0.5, 0.6) is 5.75 Å². The van der Waals surface area contributed by atoms with E-state index in [-0.39, 0.29) is 0 Å². The van der Waals surface area contributed by atoms with Crippen LogP contribution in [-0.4, -0.2) is 26.7 Å². The molecule has 1 unspecified atom stereocenters. The molecule has 0 radical (unpaired) electrons. The zero-order valence-electron chi connectivity index (χ0n) is 9.36. The Hall–Kier alpha value is -1.22. The van der Waals surface area contributed by atoms with E-state index in [9.17, 15) is 0 Å². The van der Waals surface area contributed by atoms with Gasteiger partial charge in [0.05, 0.1) is 7.11 Å². The number of hydrogen-bond acceptors (Lipinski definition) is 3. The Balaban J connectivity index is 2.31. The molecule has 0 aliphatic carbocycles. The van der Waals surface area contributed by atoms with Crippen molar-refractivity contribution in [2.24, 2.45) is 5.73 Å². The molecule has 0 saturated carbocycles. The van der Waals surface area contributed by atoms with Crippen molar-refractivity contribution >= 4 is 5.69 Å². The fraction of sp³-hybridized carbons (Fsp3) is 0.500. The minimum absolute atomic E-state index is 0.529. The topological polar surface area (TPSA) is 38.5 Å². The third kappa shape index (κ3) is 1.67. The van der Waals surface area contributed by atoms with Gasteiger partial charge in [0, 0.05) is 24.3 Å². The van der Waals surface area contributed by atoms with E-state index in [2.05, 4.69) is 18.0 Å². The molecule has 1 heterocycles. The van der Waals surface area contributed by atoms with Crippen molar-refractivity contribution in [3.63, 3.8) is 0 Å². The molecule has 0 aromatic heterocycles. The Morgan fingerprint density at radius 2 is 2.33 bits per heavy atom. The maximum absolute atomic E-state index is 5.62. The summed E-state index contributed by atoms with van der Waals surface area (Å²) in [7, 11) is 3.86. The minimum atomic E-state index is 0.529. The maximum atomic E-state index is 5.62. The van der Waals surface area contributed by atoms with Gasteiger partial charge in [-0.05, 0) is 31.5 Å². The highest BCUT2D eigenvalue weighted by atomic mass is 16.5. The van der Waals surface area contributed by atoms with Gasteiger partial charge in [0.25, 0.3) is 0 Å². The van der Waals surface area contributed by atoms with Crippen LogP contribution in [0.25, 0.3) is 0 Å². The summed E-state index contributed by atoms with van der Waals surface area (Å²) in [6.45, 7) is 0.741. The Labute approximate surface area is 90.8 Å². The molecule has 0 fully saturated rings. The fourth-order valence-electron chi connectivity index (χ4n) is 2.34. The SMILES string of the molecule is COc1cccc2c1CC(CCN)N2C. The van der Waals surface area contributed by atoms with Crippen LogP contribution in [0.1, 0.15) is 12.0 Å². The smallest absolute Gasteiger partial charge is 0.124 e. The summed E-state index contributed by atoms with van der Waals surface area (Å²) in [5.74, 6) is 0.999. The van der Waals surface area contributed by atoms with Crippen molar-refractivity contribution < 1.29 is 4.74 Å². The Morgan fingerprint density at radius 1 is 1.53 bits per heavy atom. The van der Waals surface area contributed by atoms with E-state index in [1.807, 2.05) is 12.1 Å². The maximum Gasteiger partial charge on any atom is 0.124 e. The van der Waals surface area contributed by atoms with Crippen LogP contribution >= 0.6 is 0 Å². The molecule has 1 aliphatic rings. The van der Waals surface area contributed by atoms with Gasteiger partial charge in [-0.25, -0.2) is 0 Å². The Morgan fingerprint density at radius 3 is 3.00 bits per heavy atom. The van der Waals surface area contributed by atoms with Crippen molar-refractivity contribution in [3.05, 3.63) is 23.8 Å². The molecule has 0 spiro atoms. The zero-order valence-corrected chi connectivity index (χ0v) is 9.36. The van der Waals surface area contributed by atoms with Crippen LogP contribution in [0.3, 0.4) is 0 Å². The lowest BCUT2D eigenvalue weighted by molar-refractivity contribution is 0.410. The summed E-state index contributed by atoms with van der Waals surface area (Å²) in [5, 5.41) is 0. The quantitative estimate of drug-likeness (QED) is 0.812. The summed E-state index contributed by atoms with van der Waals surface area (Å²) in [4.78, 5) is 2.31. The molecule has 1 aliphatic heterocycles. The predicted molar refractivity (Wildman–Crippen MR) is 62.6 cm³/mol. The Kier molecular flexibility index (Phi) is 2.82. The van der Waals surface area contributed by atoms with Crippen molar-refractivity contribution in [1.29, 1.82) is 0 Å². The van der Waals surface area contributed by atoms with Gasteiger partial charge < -0.3 is 15.4 Å². The highest BCUT2D eigenvalue weighted by molar-refractivity contribution is 5.63. The second-order valence-corrected chi connectivity index (χ2v) is 4.00. The number of fused-ring (bicyclic) bond motifs is 1. The largest absolute Gasteiger partial charge is 0.496 e. The summed E-state index contributed by atoms with van der Waals surface area (Å²) >= 11 is 0. The highest BCUT2D eigenvalue weighted by Crippen LogP contribution is 2.37. The molecular weight excluding hydrogens is 188 g/mol. The van der Waals surface area contributed by atoms with Crippen LogP contribution in [0.2, 0.25) is 0 Å². The van der Waals surface area contributed by atoms with Gasteiger partial charge >= 0.3 is 0 Å². The molecule has 1 aromatic rings. The summed E-state index contributed by atoms with van der Waals surface area (Å²) in [6.07, 6.45) is 2.08. The first kappa shape index (κ1) is 10.3. The van der Waals surface area contributed by atoms with E-state index >= 15 is 0 Å². The van der Waals surface area contributed by atoms with Gasteiger partial charge in [0.2, 0.25) is 0 Å². The van der Waals surface area contributed by atoms with E-state index in [1.165, 1.54) is 11.3 Å². The number of benzene rings is 1. The van der Waals surface area contributed by atoms with E-state index in [4.69, 9.17) is 10.5 Å². The number of ether oxygens (including phenoxy) is 1. The second-order valence-electron chi connectivity index (χ2n) is 4.00.